The van der Waals surface area contributed by atoms with Crippen LogP contribution in [0.4, 0.5) is 0 Å². The third-order valence-corrected chi connectivity index (χ3v) is 3.11. The van der Waals surface area contributed by atoms with Crippen molar-refractivity contribution < 1.29 is 14.7 Å². The van der Waals surface area contributed by atoms with Crippen molar-refractivity contribution in [3.8, 4) is 0 Å². The molecule has 0 aliphatic heterocycles. The maximum Gasteiger partial charge on any atom is 0.305 e. The van der Waals surface area contributed by atoms with Crippen molar-refractivity contribution >= 4 is 23.4 Å². The van der Waals surface area contributed by atoms with E-state index in [-0.39, 0.29) is 24.9 Å². The van der Waals surface area contributed by atoms with Gasteiger partial charge in [0.25, 0.3) is 5.91 Å². The summed E-state index contributed by atoms with van der Waals surface area (Å²) >= 11 is 1.04. The number of hydrogen-bond acceptors (Lipinski definition) is 5. The van der Waals surface area contributed by atoms with E-state index in [1.807, 2.05) is 13.8 Å². The number of carbonyl (C=O) groups is 2. The SMILES string of the molecule is Cc1nnsc1C(=O)N(CCC(=O)O)C(C)C. The predicted molar refractivity (Wildman–Crippen MR) is 63.1 cm³/mol. The average molecular weight is 257 g/mol. The van der Waals surface area contributed by atoms with Gasteiger partial charge in [-0.3, -0.25) is 9.59 Å². The molecule has 6 nitrogen and oxygen atoms in total. The number of carboxylic acid groups (broad SMARTS) is 1. The maximum atomic E-state index is 12.1. The number of aliphatic carboxylic acids is 1. The van der Waals surface area contributed by atoms with Gasteiger partial charge in [0, 0.05) is 12.6 Å². The minimum Gasteiger partial charge on any atom is -0.481 e. The van der Waals surface area contributed by atoms with Crippen LogP contribution >= 0.6 is 11.5 Å². The van der Waals surface area contributed by atoms with Gasteiger partial charge in [0.2, 0.25) is 0 Å². The first-order valence-corrected chi connectivity index (χ1v) is 6.02. The van der Waals surface area contributed by atoms with E-state index in [0.717, 1.165) is 11.5 Å². The van der Waals surface area contributed by atoms with Gasteiger partial charge in [-0.2, -0.15) is 0 Å². The van der Waals surface area contributed by atoms with Crippen molar-refractivity contribution in [2.24, 2.45) is 0 Å². The standard InChI is InChI=1S/C10H15N3O3S/c1-6(2)13(5-4-8(14)15)10(16)9-7(3)11-12-17-9/h6H,4-5H2,1-3H3,(H,14,15). The van der Waals surface area contributed by atoms with Crippen LogP contribution in [0.5, 0.6) is 0 Å². The Morgan fingerprint density at radius 3 is 2.53 bits per heavy atom. The summed E-state index contributed by atoms with van der Waals surface area (Å²) in [6, 6.07) is -0.0525. The molecular weight excluding hydrogens is 242 g/mol. The molecule has 0 aromatic carbocycles. The molecule has 1 amide bonds. The van der Waals surface area contributed by atoms with Crippen molar-refractivity contribution in [1.29, 1.82) is 0 Å². The molecular formula is C10H15N3O3S. The van der Waals surface area contributed by atoms with Crippen LogP contribution in [0.15, 0.2) is 0 Å². The summed E-state index contributed by atoms with van der Waals surface area (Å²) < 4.78 is 3.71. The molecule has 0 atom stereocenters. The largest absolute Gasteiger partial charge is 0.481 e. The van der Waals surface area contributed by atoms with Gasteiger partial charge in [0.05, 0.1) is 12.1 Å². The van der Waals surface area contributed by atoms with Crippen molar-refractivity contribution in [1.82, 2.24) is 14.5 Å². The second-order valence-corrected chi connectivity index (χ2v) is 4.68. The van der Waals surface area contributed by atoms with Crippen LogP contribution in [-0.4, -0.2) is 44.1 Å². The van der Waals surface area contributed by atoms with Gasteiger partial charge in [-0.25, -0.2) is 0 Å². The van der Waals surface area contributed by atoms with E-state index in [9.17, 15) is 9.59 Å². The summed E-state index contributed by atoms with van der Waals surface area (Å²) in [4.78, 5) is 24.7. The fourth-order valence-corrected chi connectivity index (χ4v) is 1.98. The smallest absolute Gasteiger partial charge is 0.305 e. The molecule has 0 unspecified atom stereocenters. The van der Waals surface area contributed by atoms with Crippen LogP contribution in [0.1, 0.15) is 35.6 Å². The first-order chi connectivity index (χ1) is 7.93. The fourth-order valence-electron chi connectivity index (χ4n) is 1.37. The Bertz CT molecular complexity index is 417. The number of carboxylic acids is 1. The zero-order valence-corrected chi connectivity index (χ0v) is 10.8. The summed E-state index contributed by atoms with van der Waals surface area (Å²) in [5.74, 6) is -1.11. The summed E-state index contributed by atoms with van der Waals surface area (Å²) in [7, 11) is 0. The van der Waals surface area contributed by atoms with Crippen LogP contribution < -0.4 is 0 Å². The lowest BCUT2D eigenvalue weighted by atomic mass is 10.2. The van der Waals surface area contributed by atoms with Gasteiger partial charge in [0.15, 0.2) is 0 Å². The van der Waals surface area contributed by atoms with E-state index in [2.05, 4.69) is 9.59 Å². The van der Waals surface area contributed by atoms with Crippen molar-refractivity contribution in [2.45, 2.75) is 33.2 Å². The third kappa shape index (κ3) is 3.48. The lowest BCUT2D eigenvalue weighted by molar-refractivity contribution is -0.137. The monoisotopic (exact) mass is 257 g/mol. The Balaban J connectivity index is 2.81. The van der Waals surface area contributed by atoms with E-state index < -0.39 is 5.97 Å². The summed E-state index contributed by atoms with van der Waals surface area (Å²) in [6.45, 7) is 5.61. The van der Waals surface area contributed by atoms with E-state index >= 15 is 0 Å². The summed E-state index contributed by atoms with van der Waals surface area (Å²) in [5, 5.41) is 12.4. The molecule has 0 aliphatic rings. The van der Waals surface area contributed by atoms with Gasteiger partial charge < -0.3 is 10.0 Å². The van der Waals surface area contributed by atoms with Gasteiger partial charge in [-0.15, -0.1) is 5.10 Å². The third-order valence-electron chi connectivity index (χ3n) is 2.30. The van der Waals surface area contributed by atoms with Gasteiger partial charge >= 0.3 is 5.97 Å². The van der Waals surface area contributed by atoms with Crippen LogP contribution in [0.2, 0.25) is 0 Å². The van der Waals surface area contributed by atoms with Crippen molar-refractivity contribution in [2.75, 3.05) is 6.54 Å². The number of nitrogens with zero attached hydrogens (tertiary/aromatic N) is 3. The highest BCUT2D eigenvalue weighted by molar-refractivity contribution is 7.07. The first kappa shape index (κ1) is 13.6. The lowest BCUT2D eigenvalue weighted by Crippen LogP contribution is -2.38. The predicted octanol–water partition coefficient (Wildman–Crippen LogP) is 1.17. The minimum absolute atomic E-state index is 0.0525. The number of amides is 1. The molecule has 0 bridgehead atoms. The highest BCUT2D eigenvalue weighted by Crippen LogP contribution is 2.15. The Morgan fingerprint density at radius 1 is 1.47 bits per heavy atom. The quantitative estimate of drug-likeness (QED) is 0.856. The minimum atomic E-state index is -0.914. The van der Waals surface area contributed by atoms with Gasteiger partial charge in [-0.05, 0) is 32.3 Å². The highest BCUT2D eigenvalue weighted by Gasteiger charge is 2.23. The fraction of sp³-hybridized carbons (Fsp3) is 0.600. The molecule has 7 heteroatoms. The second-order valence-electron chi connectivity index (χ2n) is 3.92. The molecule has 1 aromatic rings. The van der Waals surface area contributed by atoms with E-state index in [1.54, 1.807) is 6.92 Å². The molecule has 1 rings (SSSR count). The van der Waals surface area contributed by atoms with Crippen molar-refractivity contribution in [3.63, 3.8) is 0 Å². The topological polar surface area (TPSA) is 83.4 Å². The van der Waals surface area contributed by atoms with Crippen LogP contribution in [-0.2, 0) is 4.79 Å². The van der Waals surface area contributed by atoms with Gasteiger partial charge in [-0.1, -0.05) is 4.49 Å². The molecule has 0 aliphatic carbocycles. The van der Waals surface area contributed by atoms with E-state index in [1.165, 1.54) is 4.90 Å². The average Bonchev–Trinajstić information content (AvgIpc) is 2.63. The second kappa shape index (κ2) is 5.72. The Morgan fingerprint density at radius 2 is 2.12 bits per heavy atom. The molecule has 0 saturated heterocycles. The van der Waals surface area contributed by atoms with Crippen LogP contribution in [0, 0.1) is 6.92 Å². The number of aryl methyl sites for hydroxylation is 1. The Kier molecular flexibility index (Phi) is 4.56. The molecule has 1 N–H and O–H groups in total. The molecule has 1 aromatic heterocycles. The molecule has 94 valence electrons. The first-order valence-electron chi connectivity index (χ1n) is 5.25. The molecule has 0 fully saturated rings. The molecule has 0 saturated carbocycles. The highest BCUT2D eigenvalue weighted by atomic mass is 32.1. The zero-order chi connectivity index (χ0) is 13.0. The number of rotatable bonds is 5. The van der Waals surface area contributed by atoms with Crippen LogP contribution in [0.3, 0.4) is 0 Å². The number of hydrogen-bond donors (Lipinski definition) is 1. The molecule has 0 radical (unpaired) electrons. The molecule has 1 heterocycles. The zero-order valence-electron chi connectivity index (χ0n) is 10.0. The Hall–Kier alpha value is -1.50. The number of carbonyl (C=O) groups excluding carboxylic acids is 1. The molecule has 0 spiro atoms. The Labute approximate surface area is 103 Å². The number of aromatic nitrogens is 2. The van der Waals surface area contributed by atoms with E-state index in [0.29, 0.717) is 10.6 Å². The maximum absolute atomic E-state index is 12.1. The lowest BCUT2D eigenvalue weighted by Gasteiger charge is -2.25. The van der Waals surface area contributed by atoms with Crippen LogP contribution in [0.25, 0.3) is 0 Å². The van der Waals surface area contributed by atoms with Gasteiger partial charge in [0.1, 0.15) is 4.88 Å². The summed E-state index contributed by atoms with van der Waals surface area (Å²) in [6.07, 6.45) is -0.0603. The van der Waals surface area contributed by atoms with E-state index in [4.69, 9.17) is 5.11 Å². The molecule has 17 heavy (non-hydrogen) atoms. The normalized spacial score (nSPS) is 10.6. The summed E-state index contributed by atoms with van der Waals surface area (Å²) in [5.41, 5.74) is 0.584. The van der Waals surface area contributed by atoms with Crippen molar-refractivity contribution in [3.05, 3.63) is 10.6 Å².